The summed E-state index contributed by atoms with van der Waals surface area (Å²) in [6, 6.07) is 10.7. The average Bonchev–Trinajstić information content (AvgIpc) is 3.38. The Hall–Kier alpha value is -2.64. The largest absolute Gasteiger partial charge is 0.467 e. The Kier molecular flexibility index (Phi) is 7.06. The fraction of sp³-hybridized carbons (Fsp3) is 0.381. The molecule has 0 bridgehead atoms. The molecule has 2 amide bonds. The molecule has 1 N–H and O–H groups in total. The maximum absolute atomic E-state index is 13.1. The van der Waals surface area contributed by atoms with Gasteiger partial charge in [0, 0.05) is 18.0 Å². The molecule has 0 aliphatic carbocycles. The van der Waals surface area contributed by atoms with E-state index in [2.05, 4.69) is 10.4 Å². The summed E-state index contributed by atoms with van der Waals surface area (Å²) in [6.45, 7) is 5.19. The third-order valence-corrected chi connectivity index (χ3v) is 5.01. The molecule has 1 aromatic carbocycles. The second-order valence-corrected chi connectivity index (χ2v) is 7.22. The number of halogens is 1. The topological polar surface area (TPSA) is 78.2 Å². The minimum atomic E-state index is -0.314. The van der Waals surface area contributed by atoms with E-state index in [-0.39, 0.29) is 30.9 Å². The predicted molar refractivity (Wildman–Crippen MR) is 112 cm³/mol. The Balaban J connectivity index is 1.79. The number of carbonyl (C=O) groups is 2. The molecule has 7 nitrogen and oxygen atoms in total. The van der Waals surface area contributed by atoms with Gasteiger partial charge in [0.15, 0.2) is 0 Å². The molecule has 1 atom stereocenters. The minimum Gasteiger partial charge on any atom is -0.467 e. The van der Waals surface area contributed by atoms with Gasteiger partial charge in [0.25, 0.3) is 5.91 Å². The molecule has 0 radical (unpaired) electrons. The van der Waals surface area contributed by atoms with Gasteiger partial charge in [0.2, 0.25) is 5.91 Å². The van der Waals surface area contributed by atoms with Crippen molar-refractivity contribution in [2.45, 2.75) is 26.3 Å². The van der Waals surface area contributed by atoms with Gasteiger partial charge in [0.1, 0.15) is 11.8 Å². The Bertz CT molecular complexity index is 865. The molecule has 0 saturated carbocycles. The smallest absolute Gasteiger partial charge is 0.257 e. The van der Waals surface area contributed by atoms with Gasteiger partial charge < -0.3 is 9.73 Å². The minimum absolute atomic E-state index is 0.0994. The molecule has 1 aliphatic rings. The van der Waals surface area contributed by atoms with Crippen LogP contribution in [0.1, 0.15) is 37.6 Å². The maximum atomic E-state index is 13.1. The van der Waals surface area contributed by atoms with Crippen LogP contribution in [0.25, 0.3) is 0 Å². The number of hydrazone groups is 1. The number of carbonyl (C=O) groups excluding carboxylic acids is 2. The molecule has 2 aromatic rings. The molecule has 154 valence electrons. The van der Waals surface area contributed by atoms with Crippen LogP contribution in [-0.2, 0) is 9.59 Å². The molecule has 0 unspecified atom stereocenters. The second kappa shape index (κ2) is 9.71. The van der Waals surface area contributed by atoms with Crippen LogP contribution in [-0.4, -0.2) is 53.6 Å². The van der Waals surface area contributed by atoms with E-state index >= 15 is 0 Å². The van der Waals surface area contributed by atoms with E-state index in [1.54, 1.807) is 29.4 Å². The van der Waals surface area contributed by atoms with Crippen LogP contribution >= 0.6 is 11.6 Å². The molecule has 1 aliphatic heterocycles. The lowest BCUT2D eigenvalue weighted by Gasteiger charge is -2.24. The molecule has 3 rings (SSSR count). The zero-order chi connectivity index (χ0) is 20.8. The van der Waals surface area contributed by atoms with Gasteiger partial charge >= 0.3 is 0 Å². The molecule has 2 heterocycles. The number of amides is 2. The van der Waals surface area contributed by atoms with E-state index in [9.17, 15) is 9.59 Å². The van der Waals surface area contributed by atoms with Crippen LogP contribution < -0.4 is 5.32 Å². The standard InChI is InChI=1S/C21H25ClN4O3/c1-3-23-20(27)13-25(4-2)14-21(28)26-18(19-6-5-11-29-19)12-17(24-26)15-7-9-16(22)10-8-15/h5-11,18H,3-4,12-14H2,1-2H3,(H,23,27)/t18-/m1/s1. The highest BCUT2D eigenvalue weighted by molar-refractivity contribution is 6.30. The summed E-state index contributed by atoms with van der Waals surface area (Å²) < 4.78 is 5.56. The lowest BCUT2D eigenvalue weighted by atomic mass is 10.0. The van der Waals surface area contributed by atoms with Crippen LogP contribution in [0.5, 0.6) is 0 Å². The van der Waals surface area contributed by atoms with Crippen molar-refractivity contribution in [1.29, 1.82) is 0 Å². The number of nitrogens with one attached hydrogen (secondary N) is 1. The highest BCUT2D eigenvalue weighted by atomic mass is 35.5. The first-order chi connectivity index (χ1) is 14.0. The molecule has 0 spiro atoms. The zero-order valence-electron chi connectivity index (χ0n) is 16.6. The van der Waals surface area contributed by atoms with Gasteiger partial charge in [-0.1, -0.05) is 30.7 Å². The van der Waals surface area contributed by atoms with Crippen molar-refractivity contribution in [1.82, 2.24) is 15.2 Å². The van der Waals surface area contributed by atoms with Crippen LogP contribution in [0.15, 0.2) is 52.2 Å². The number of hydrogen-bond donors (Lipinski definition) is 1. The molecule has 0 fully saturated rings. The molecular formula is C21H25ClN4O3. The highest BCUT2D eigenvalue weighted by Gasteiger charge is 2.35. The van der Waals surface area contributed by atoms with Crippen LogP contribution in [0.3, 0.4) is 0 Å². The zero-order valence-corrected chi connectivity index (χ0v) is 17.4. The molecular weight excluding hydrogens is 392 g/mol. The fourth-order valence-corrected chi connectivity index (χ4v) is 3.39. The second-order valence-electron chi connectivity index (χ2n) is 6.78. The summed E-state index contributed by atoms with van der Waals surface area (Å²) in [5, 5.41) is 9.48. The third-order valence-electron chi connectivity index (χ3n) is 4.76. The molecule has 1 aromatic heterocycles. The first kappa shape index (κ1) is 21.1. The summed E-state index contributed by atoms with van der Waals surface area (Å²) in [5.74, 6) is 0.399. The van der Waals surface area contributed by atoms with Crippen LogP contribution in [0.4, 0.5) is 0 Å². The number of benzene rings is 1. The van der Waals surface area contributed by atoms with Gasteiger partial charge in [-0.3, -0.25) is 14.5 Å². The van der Waals surface area contributed by atoms with Gasteiger partial charge in [0.05, 0.1) is 25.1 Å². The normalized spacial score (nSPS) is 16.2. The van der Waals surface area contributed by atoms with Crippen molar-refractivity contribution in [3.05, 3.63) is 59.0 Å². The van der Waals surface area contributed by atoms with E-state index in [0.717, 1.165) is 11.3 Å². The van der Waals surface area contributed by atoms with E-state index in [1.165, 1.54) is 5.01 Å². The Morgan fingerprint density at radius 2 is 2.00 bits per heavy atom. The number of hydrogen-bond acceptors (Lipinski definition) is 5. The number of rotatable bonds is 8. The molecule has 0 saturated heterocycles. The third kappa shape index (κ3) is 5.25. The monoisotopic (exact) mass is 416 g/mol. The van der Waals surface area contributed by atoms with Gasteiger partial charge in [-0.15, -0.1) is 0 Å². The fourth-order valence-electron chi connectivity index (χ4n) is 3.26. The van der Waals surface area contributed by atoms with Crippen molar-refractivity contribution in [3.63, 3.8) is 0 Å². The summed E-state index contributed by atoms with van der Waals surface area (Å²) >= 11 is 5.99. The first-order valence-electron chi connectivity index (χ1n) is 9.69. The lowest BCUT2D eigenvalue weighted by molar-refractivity contribution is -0.135. The maximum Gasteiger partial charge on any atom is 0.257 e. The van der Waals surface area contributed by atoms with Crippen molar-refractivity contribution in [2.75, 3.05) is 26.2 Å². The highest BCUT2D eigenvalue weighted by Crippen LogP contribution is 2.33. The van der Waals surface area contributed by atoms with E-state index in [0.29, 0.717) is 30.3 Å². The molecule has 29 heavy (non-hydrogen) atoms. The lowest BCUT2D eigenvalue weighted by Crippen LogP contribution is -2.43. The Morgan fingerprint density at radius 3 is 2.62 bits per heavy atom. The quantitative estimate of drug-likeness (QED) is 0.717. The summed E-state index contributed by atoms with van der Waals surface area (Å²) in [4.78, 5) is 26.8. The van der Waals surface area contributed by atoms with E-state index in [1.807, 2.05) is 32.0 Å². The summed E-state index contributed by atoms with van der Waals surface area (Å²) in [6.07, 6.45) is 2.13. The predicted octanol–water partition coefficient (Wildman–Crippen LogP) is 3.07. The number of furan rings is 1. The van der Waals surface area contributed by atoms with Crippen molar-refractivity contribution in [2.24, 2.45) is 5.10 Å². The summed E-state index contributed by atoms with van der Waals surface area (Å²) in [7, 11) is 0. The van der Waals surface area contributed by atoms with Crippen molar-refractivity contribution in [3.8, 4) is 0 Å². The van der Waals surface area contributed by atoms with Gasteiger partial charge in [-0.05, 0) is 43.3 Å². The Labute approximate surface area is 175 Å². The number of likely N-dealkylation sites (N-methyl/N-ethyl adjacent to an activating group) is 2. The number of nitrogens with zero attached hydrogens (tertiary/aromatic N) is 3. The SMILES string of the molecule is CCNC(=O)CN(CC)CC(=O)N1N=C(c2ccc(Cl)cc2)C[C@@H]1c1ccco1. The van der Waals surface area contributed by atoms with Crippen molar-refractivity contribution < 1.29 is 14.0 Å². The van der Waals surface area contributed by atoms with Crippen LogP contribution in [0, 0.1) is 0 Å². The average molecular weight is 417 g/mol. The van der Waals surface area contributed by atoms with Crippen LogP contribution in [0.2, 0.25) is 5.02 Å². The van der Waals surface area contributed by atoms with E-state index < -0.39 is 0 Å². The Morgan fingerprint density at radius 1 is 1.24 bits per heavy atom. The van der Waals surface area contributed by atoms with E-state index in [4.69, 9.17) is 16.0 Å². The molecule has 8 heteroatoms. The van der Waals surface area contributed by atoms with Crippen molar-refractivity contribution >= 4 is 29.1 Å². The summed E-state index contributed by atoms with van der Waals surface area (Å²) in [5.41, 5.74) is 1.71. The first-order valence-corrected chi connectivity index (χ1v) is 10.1. The van der Waals surface area contributed by atoms with Gasteiger partial charge in [-0.25, -0.2) is 5.01 Å². The van der Waals surface area contributed by atoms with Gasteiger partial charge in [-0.2, -0.15) is 5.10 Å².